The number of ether oxygens (including phenoxy) is 1. The maximum atomic E-state index is 12.1. The van der Waals surface area contributed by atoms with Crippen LogP contribution in [-0.2, 0) is 14.3 Å². The molecule has 0 bridgehead atoms. The van der Waals surface area contributed by atoms with Crippen molar-refractivity contribution in [2.45, 2.75) is 51.4 Å². The van der Waals surface area contributed by atoms with Gasteiger partial charge in [-0.15, -0.1) is 0 Å². The lowest BCUT2D eigenvalue weighted by Crippen LogP contribution is -2.43. The van der Waals surface area contributed by atoms with Gasteiger partial charge < -0.3 is 9.84 Å². The van der Waals surface area contributed by atoms with Gasteiger partial charge in [0.1, 0.15) is 5.78 Å². The lowest BCUT2D eigenvalue weighted by molar-refractivity contribution is -0.138. The summed E-state index contributed by atoms with van der Waals surface area (Å²) in [5.41, 5.74) is -0.509. The van der Waals surface area contributed by atoms with Crippen molar-refractivity contribution in [2.75, 3.05) is 6.61 Å². The zero-order valence-electron chi connectivity index (χ0n) is 12.1. The summed E-state index contributed by atoms with van der Waals surface area (Å²) in [5, 5.41) is 11.8. The molecule has 5 heteroatoms. The fraction of sp³-hybridized carbons (Fsp3) is 0.714. The molecule has 1 N–H and O–H groups in total. The molecule has 2 aliphatic carbocycles. The number of carbonyl (C=O) groups excluding carboxylic acids is 2. The first kappa shape index (κ1) is 14.5. The molecule has 0 saturated heterocycles. The molecule has 0 aromatic heterocycles. The second kappa shape index (κ2) is 4.56. The molecule has 0 aromatic rings. The van der Waals surface area contributed by atoms with E-state index in [-0.39, 0.29) is 11.8 Å². The second-order valence-electron chi connectivity index (χ2n) is 6.47. The minimum atomic E-state index is -1.89. The number of Topliss-reactive ketones (excluding diaryl/α,β-unsaturated/α-hetero) is 1. The highest BCUT2D eigenvalue weighted by atomic mass is 28.3. The van der Waals surface area contributed by atoms with Gasteiger partial charge in [-0.1, -0.05) is 19.6 Å². The Labute approximate surface area is 114 Å². The molecule has 1 saturated carbocycles. The Kier molecular flexibility index (Phi) is 3.47. The Morgan fingerprint density at radius 3 is 2.63 bits per heavy atom. The van der Waals surface area contributed by atoms with Crippen molar-refractivity contribution in [3.05, 3.63) is 10.8 Å². The van der Waals surface area contributed by atoms with Gasteiger partial charge in [-0.05, 0) is 25.0 Å². The van der Waals surface area contributed by atoms with Gasteiger partial charge >= 0.3 is 5.97 Å². The average molecular weight is 282 g/mol. The van der Waals surface area contributed by atoms with E-state index in [9.17, 15) is 14.7 Å². The number of ketones is 1. The lowest BCUT2D eigenvalue weighted by Gasteiger charge is -2.33. The molecule has 2 rings (SSSR count). The number of hydrogen-bond donors (Lipinski definition) is 1. The monoisotopic (exact) mass is 282 g/mol. The molecule has 0 radical (unpaired) electrons. The smallest absolute Gasteiger partial charge is 0.333 e. The first-order valence-electron chi connectivity index (χ1n) is 6.88. The normalized spacial score (nSPS) is 30.8. The van der Waals surface area contributed by atoms with Crippen LogP contribution in [0.2, 0.25) is 19.6 Å². The third kappa shape index (κ3) is 2.19. The molecule has 1 fully saturated rings. The number of carbonyl (C=O) groups is 2. The Bertz CT molecular complexity index is 461. The van der Waals surface area contributed by atoms with Crippen LogP contribution in [0.4, 0.5) is 0 Å². The number of hydrogen-bond acceptors (Lipinski definition) is 4. The molecule has 19 heavy (non-hydrogen) atoms. The minimum absolute atomic E-state index is 0.0811. The van der Waals surface area contributed by atoms with Gasteiger partial charge in [0.05, 0.1) is 26.2 Å². The van der Waals surface area contributed by atoms with Gasteiger partial charge in [-0.25, -0.2) is 4.79 Å². The van der Waals surface area contributed by atoms with E-state index in [1.807, 2.05) is 0 Å². The van der Waals surface area contributed by atoms with E-state index >= 15 is 0 Å². The quantitative estimate of drug-likeness (QED) is 0.633. The van der Waals surface area contributed by atoms with Gasteiger partial charge in [-0.2, -0.15) is 0 Å². The molecular formula is C14H22O4Si. The number of aliphatic hydroxyl groups is 1. The molecule has 0 heterocycles. The Balaban J connectivity index is 2.50. The molecule has 0 amide bonds. The van der Waals surface area contributed by atoms with E-state index in [0.29, 0.717) is 31.4 Å². The topological polar surface area (TPSA) is 63.6 Å². The maximum Gasteiger partial charge on any atom is 0.333 e. The molecule has 0 spiro atoms. The van der Waals surface area contributed by atoms with Crippen LogP contribution in [0.3, 0.4) is 0 Å². The SMILES string of the molecule is CCOC(=O)C1=C([Si](C)(C)C)[C@@]2(O)CCC(=O)[C@H]2C1. The fourth-order valence-electron chi connectivity index (χ4n) is 3.58. The van der Waals surface area contributed by atoms with Crippen molar-refractivity contribution < 1.29 is 19.4 Å². The summed E-state index contributed by atoms with van der Waals surface area (Å²) in [5.74, 6) is -0.693. The standard InChI is InChI=1S/C14H22O4Si/c1-5-18-13(16)9-8-10-11(15)6-7-14(10,17)12(9)19(2,3)4/h10,17H,5-8H2,1-4H3/t10-,14-/m1/s1. The van der Waals surface area contributed by atoms with Gasteiger partial charge in [0.15, 0.2) is 0 Å². The molecular weight excluding hydrogens is 260 g/mol. The largest absolute Gasteiger partial charge is 0.463 e. The van der Waals surface area contributed by atoms with Gasteiger partial charge in [0, 0.05) is 12.0 Å². The summed E-state index contributed by atoms with van der Waals surface area (Å²) in [6, 6.07) is 0. The second-order valence-corrected chi connectivity index (χ2v) is 11.5. The van der Waals surface area contributed by atoms with Gasteiger partial charge in [-0.3, -0.25) is 4.79 Å². The lowest BCUT2D eigenvalue weighted by atomic mass is 9.94. The van der Waals surface area contributed by atoms with E-state index in [1.54, 1.807) is 6.92 Å². The third-order valence-corrected chi connectivity index (χ3v) is 6.37. The van der Waals surface area contributed by atoms with Crippen molar-refractivity contribution in [2.24, 2.45) is 5.92 Å². The molecule has 2 aliphatic rings. The van der Waals surface area contributed by atoms with Gasteiger partial charge in [0.2, 0.25) is 0 Å². The van der Waals surface area contributed by atoms with Crippen molar-refractivity contribution in [1.29, 1.82) is 0 Å². The van der Waals surface area contributed by atoms with Crippen LogP contribution in [0, 0.1) is 5.92 Å². The van der Waals surface area contributed by atoms with E-state index in [1.165, 1.54) is 0 Å². The van der Waals surface area contributed by atoms with E-state index in [4.69, 9.17) is 4.74 Å². The Morgan fingerprint density at radius 2 is 2.11 bits per heavy atom. The number of fused-ring (bicyclic) bond motifs is 1. The van der Waals surface area contributed by atoms with Crippen LogP contribution in [0.25, 0.3) is 0 Å². The first-order chi connectivity index (χ1) is 8.71. The summed E-state index contributed by atoms with van der Waals surface area (Å²) in [7, 11) is -1.89. The third-order valence-electron chi connectivity index (χ3n) is 4.13. The minimum Gasteiger partial charge on any atom is -0.463 e. The van der Waals surface area contributed by atoms with Crippen molar-refractivity contribution in [1.82, 2.24) is 0 Å². The predicted molar refractivity (Wildman–Crippen MR) is 74.3 cm³/mol. The van der Waals surface area contributed by atoms with Crippen LogP contribution in [-0.4, -0.2) is 37.1 Å². The molecule has 0 unspecified atom stereocenters. The summed E-state index contributed by atoms with van der Waals surface area (Å²) < 4.78 is 5.10. The highest BCUT2D eigenvalue weighted by Gasteiger charge is 2.58. The molecule has 4 nitrogen and oxygen atoms in total. The van der Waals surface area contributed by atoms with Crippen LogP contribution < -0.4 is 0 Å². The van der Waals surface area contributed by atoms with Crippen molar-refractivity contribution in [3.8, 4) is 0 Å². The zero-order chi connectivity index (χ0) is 14.4. The average Bonchev–Trinajstić information content (AvgIpc) is 2.73. The van der Waals surface area contributed by atoms with Crippen LogP contribution in [0.5, 0.6) is 0 Å². The first-order valence-corrected chi connectivity index (χ1v) is 10.4. The highest BCUT2D eigenvalue weighted by Crippen LogP contribution is 2.52. The Morgan fingerprint density at radius 1 is 1.47 bits per heavy atom. The van der Waals surface area contributed by atoms with E-state index < -0.39 is 19.6 Å². The predicted octanol–water partition coefficient (Wildman–Crippen LogP) is 1.84. The molecule has 106 valence electrons. The highest BCUT2D eigenvalue weighted by molar-refractivity contribution is 6.84. The van der Waals surface area contributed by atoms with Crippen LogP contribution >= 0.6 is 0 Å². The van der Waals surface area contributed by atoms with Crippen molar-refractivity contribution >= 4 is 19.8 Å². The summed E-state index contributed by atoms with van der Waals surface area (Å²) in [4.78, 5) is 24.0. The summed E-state index contributed by atoms with van der Waals surface area (Å²) >= 11 is 0. The molecule has 2 atom stereocenters. The van der Waals surface area contributed by atoms with E-state index in [0.717, 1.165) is 5.20 Å². The van der Waals surface area contributed by atoms with Gasteiger partial charge in [0.25, 0.3) is 0 Å². The van der Waals surface area contributed by atoms with Crippen molar-refractivity contribution in [3.63, 3.8) is 0 Å². The summed E-state index contributed by atoms with van der Waals surface area (Å²) in [6.07, 6.45) is 1.23. The summed E-state index contributed by atoms with van der Waals surface area (Å²) in [6.45, 7) is 8.39. The van der Waals surface area contributed by atoms with Crippen LogP contribution in [0.15, 0.2) is 10.8 Å². The Hall–Kier alpha value is -0.943. The molecule has 0 aliphatic heterocycles. The van der Waals surface area contributed by atoms with E-state index in [2.05, 4.69) is 19.6 Å². The number of rotatable bonds is 3. The zero-order valence-corrected chi connectivity index (χ0v) is 13.1. The fourth-order valence-corrected chi connectivity index (χ4v) is 6.29. The molecule has 0 aromatic carbocycles. The van der Waals surface area contributed by atoms with Crippen LogP contribution in [0.1, 0.15) is 26.2 Å². The maximum absolute atomic E-state index is 12.1. The number of esters is 1.